The number of rotatable bonds is 6. The van der Waals surface area contributed by atoms with Crippen molar-refractivity contribution >= 4 is 64.7 Å². The molecule has 1 aliphatic heterocycles. The summed E-state index contributed by atoms with van der Waals surface area (Å²) in [6.45, 7) is 1.25. The Bertz CT molecular complexity index is 1270. The highest BCUT2D eigenvalue weighted by atomic mass is 35.5. The van der Waals surface area contributed by atoms with E-state index in [-0.39, 0.29) is 42.4 Å². The Labute approximate surface area is 248 Å². The van der Waals surface area contributed by atoms with E-state index in [1.165, 1.54) is 34.4 Å². The largest absolute Gasteiger partial charge is 0.392 e. The molecule has 1 saturated carbocycles. The Morgan fingerprint density at radius 2 is 1.90 bits per heavy atom. The zero-order valence-electron chi connectivity index (χ0n) is 22.5. The van der Waals surface area contributed by atoms with Gasteiger partial charge in [0.15, 0.2) is 5.01 Å². The maximum Gasteiger partial charge on any atom is 0.313 e. The highest BCUT2D eigenvalue weighted by molar-refractivity contribution is 7.13. The molecule has 2 aromatic rings. The number of nitrogens with one attached hydrogen (secondary N) is 3. The Morgan fingerprint density at radius 3 is 2.60 bits per heavy atom. The van der Waals surface area contributed by atoms with E-state index in [1.807, 2.05) is 7.05 Å². The van der Waals surface area contributed by atoms with Gasteiger partial charge in [-0.25, -0.2) is 4.98 Å². The molecule has 4 rings (SSSR count). The highest BCUT2D eigenvalue weighted by Crippen LogP contribution is 2.28. The highest BCUT2D eigenvalue weighted by Gasteiger charge is 2.37. The molecular formula is C26H34Cl2N6O5S. The van der Waals surface area contributed by atoms with Crippen molar-refractivity contribution in [1.29, 1.82) is 0 Å². The third-order valence-electron chi connectivity index (χ3n) is 7.08. The molecule has 2 aliphatic rings. The second-order valence-corrected chi connectivity index (χ2v) is 11.7. The Morgan fingerprint density at radius 1 is 1.15 bits per heavy atom. The van der Waals surface area contributed by atoms with Crippen LogP contribution in [0.5, 0.6) is 0 Å². The fraction of sp³-hybridized carbons (Fsp3) is 0.500. The second-order valence-electron chi connectivity index (χ2n) is 10.2. The Hall–Kier alpha value is -2.77. The van der Waals surface area contributed by atoms with Crippen molar-refractivity contribution in [3.05, 3.63) is 44.4 Å². The molecule has 2 heterocycles. The number of carbonyl (C=O) groups is 4. The van der Waals surface area contributed by atoms with Crippen LogP contribution in [0, 0.1) is 5.92 Å². The van der Waals surface area contributed by atoms with Gasteiger partial charge in [0.05, 0.1) is 18.3 Å². The fourth-order valence-corrected chi connectivity index (χ4v) is 6.26. The number of anilines is 1. The molecular weight excluding hydrogens is 579 g/mol. The molecule has 4 amide bonds. The van der Waals surface area contributed by atoms with Crippen LogP contribution in [0.15, 0.2) is 18.2 Å². The number of fused-ring (bicyclic) bond motifs is 1. The molecule has 40 heavy (non-hydrogen) atoms. The number of aliphatic hydroxyl groups excluding tert-OH is 1. The molecule has 218 valence electrons. The average Bonchev–Trinajstić information content (AvgIpc) is 3.33. The first kappa shape index (κ1) is 31.8. The average molecular weight is 614 g/mol. The zero-order valence-corrected chi connectivity index (χ0v) is 24.9. The van der Waals surface area contributed by atoms with Gasteiger partial charge < -0.3 is 30.9 Å². The van der Waals surface area contributed by atoms with Gasteiger partial charge in [0.1, 0.15) is 0 Å². The Balaban J connectivity index is 0.00000441. The number of likely N-dealkylation sites (N-methyl/N-ethyl adjacent to an activating group) is 1. The normalized spacial score (nSPS) is 20.5. The summed E-state index contributed by atoms with van der Waals surface area (Å²) in [4.78, 5) is 60.8. The second kappa shape index (κ2) is 13.7. The van der Waals surface area contributed by atoms with Crippen LogP contribution < -0.4 is 16.0 Å². The smallest absolute Gasteiger partial charge is 0.313 e. The summed E-state index contributed by atoms with van der Waals surface area (Å²) in [6.07, 6.45) is 1.99. The minimum absolute atomic E-state index is 0. The molecule has 14 heteroatoms. The van der Waals surface area contributed by atoms with Crippen LogP contribution in [0.3, 0.4) is 0 Å². The summed E-state index contributed by atoms with van der Waals surface area (Å²) in [7, 11) is 5.39. The van der Waals surface area contributed by atoms with Crippen LogP contribution in [-0.4, -0.2) is 83.3 Å². The molecule has 1 fully saturated rings. The van der Waals surface area contributed by atoms with Crippen LogP contribution in [0.2, 0.25) is 5.02 Å². The molecule has 0 bridgehead atoms. The number of aromatic nitrogens is 1. The lowest BCUT2D eigenvalue weighted by atomic mass is 9.81. The van der Waals surface area contributed by atoms with E-state index in [0.717, 1.165) is 30.1 Å². The van der Waals surface area contributed by atoms with Crippen molar-refractivity contribution in [3.8, 4) is 0 Å². The number of carbonyl (C=O) groups excluding carboxylic acids is 4. The minimum atomic E-state index is -0.916. The van der Waals surface area contributed by atoms with Gasteiger partial charge in [0, 0.05) is 66.7 Å². The van der Waals surface area contributed by atoms with E-state index in [1.54, 1.807) is 14.1 Å². The molecule has 11 nitrogen and oxygen atoms in total. The summed E-state index contributed by atoms with van der Waals surface area (Å²) >= 11 is 7.30. The van der Waals surface area contributed by atoms with Crippen LogP contribution in [-0.2, 0) is 34.0 Å². The van der Waals surface area contributed by atoms with E-state index in [9.17, 15) is 24.3 Å². The van der Waals surface area contributed by atoms with Crippen molar-refractivity contribution in [3.63, 3.8) is 0 Å². The van der Waals surface area contributed by atoms with Crippen molar-refractivity contribution in [1.82, 2.24) is 25.4 Å². The van der Waals surface area contributed by atoms with Gasteiger partial charge in [-0.3, -0.25) is 19.2 Å². The van der Waals surface area contributed by atoms with E-state index >= 15 is 0 Å². The molecule has 3 atom stereocenters. The molecule has 0 spiro atoms. The number of benzene rings is 1. The molecule has 1 aliphatic carbocycles. The summed E-state index contributed by atoms with van der Waals surface area (Å²) in [5, 5.41) is 18.5. The van der Waals surface area contributed by atoms with Crippen LogP contribution in [0.1, 0.15) is 45.2 Å². The van der Waals surface area contributed by atoms with Gasteiger partial charge in [-0.15, -0.1) is 23.7 Å². The van der Waals surface area contributed by atoms with E-state index < -0.39 is 23.9 Å². The molecule has 0 radical (unpaired) electrons. The molecule has 0 saturated heterocycles. The quantitative estimate of drug-likeness (QED) is 0.364. The predicted octanol–water partition coefficient (Wildman–Crippen LogP) is 1.81. The van der Waals surface area contributed by atoms with E-state index in [2.05, 4.69) is 25.8 Å². The van der Waals surface area contributed by atoms with Crippen LogP contribution >= 0.6 is 35.3 Å². The summed E-state index contributed by atoms with van der Waals surface area (Å²) < 4.78 is 0. The van der Waals surface area contributed by atoms with Gasteiger partial charge >= 0.3 is 11.8 Å². The van der Waals surface area contributed by atoms with Gasteiger partial charge in [-0.05, 0) is 44.5 Å². The Kier molecular flexibility index (Phi) is 10.9. The first-order valence-corrected chi connectivity index (χ1v) is 14.0. The number of nitrogens with zero attached hydrogens (tertiary/aromatic N) is 3. The van der Waals surface area contributed by atoms with Crippen molar-refractivity contribution in [2.24, 2.45) is 5.92 Å². The van der Waals surface area contributed by atoms with Crippen molar-refractivity contribution in [2.75, 3.05) is 33.0 Å². The molecule has 1 aromatic heterocycles. The lowest BCUT2D eigenvalue weighted by molar-refractivity contribution is -0.137. The third kappa shape index (κ3) is 7.49. The summed E-state index contributed by atoms with van der Waals surface area (Å²) in [5.74, 6) is -2.55. The SMILES string of the molecule is CN1CCc2nc(C(=O)N[C@@H]3C[C@@H](C(=O)N(C)C)CC[C@@H]3NC(=O)C(=O)Nc3ccc(Cl)cc3CO)sc2C1.Cl. The maximum absolute atomic E-state index is 13.2. The number of amides is 4. The van der Waals surface area contributed by atoms with Gasteiger partial charge in [0.2, 0.25) is 5.91 Å². The maximum atomic E-state index is 13.2. The van der Waals surface area contributed by atoms with Crippen LogP contribution in [0.4, 0.5) is 5.69 Å². The lowest BCUT2D eigenvalue weighted by Crippen LogP contribution is -2.57. The minimum Gasteiger partial charge on any atom is -0.392 e. The zero-order chi connectivity index (χ0) is 28.3. The number of hydrogen-bond donors (Lipinski definition) is 4. The monoisotopic (exact) mass is 612 g/mol. The van der Waals surface area contributed by atoms with Gasteiger partial charge in [-0.2, -0.15) is 0 Å². The fourth-order valence-electron chi connectivity index (χ4n) is 4.97. The topological polar surface area (TPSA) is 144 Å². The standard InChI is InChI=1S/C26H33ClN6O5S.ClH/c1-32(2)26(38)14-4-6-18(29-23(36)22(35)28-17-7-5-16(27)10-15(17)13-34)20(11-14)30-24(37)25-31-19-8-9-33(3)12-21(19)39-25;/h5,7,10,14,18,20,34H,4,6,8-9,11-13H2,1-3H3,(H,28,35)(H,29,36)(H,30,37);1H/t14-,18-,20+;/m0./s1. The van der Waals surface area contributed by atoms with Crippen LogP contribution in [0.25, 0.3) is 0 Å². The first-order valence-electron chi connectivity index (χ1n) is 12.8. The molecule has 0 unspecified atom stereocenters. The molecule has 1 aromatic carbocycles. The number of halogens is 2. The molecule has 4 N–H and O–H groups in total. The van der Waals surface area contributed by atoms with Crippen molar-refractivity contribution in [2.45, 2.75) is 50.9 Å². The van der Waals surface area contributed by atoms with Gasteiger partial charge in [0.25, 0.3) is 5.91 Å². The van der Waals surface area contributed by atoms with Crippen molar-refractivity contribution < 1.29 is 24.3 Å². The predicted molar refractivity (Wildman–Crippen MR) is 155 cm³/mol. The van der Waals surface area contributed by atoms with E-state index in [0.29, 0.717) is 34.9 Å². The lowest BCUT2D eigenvalue weighted by Gasteiger charge is -2.37. The number of aliphatic hydroxyl groups is 1. The van der Waals surface area contributed by atoms with E-state index in [4.69, 9.17) is 11.6 Å². The summed E-state index contributed by atoms with van der Waals surface area (Å²) in [6, 6.07) is 3.40. The third-order valence-corrected chi connectivity index (χ3v) is 8.40. The first-order chi connectivity index (χ1) is 18.5. The van der Waals surface area contributed by atoms with Gasteiger partial charge in [-0.1, -0.05) is 11.6 Å². The number of thiazole rings is 1. The summed E-state index contributed by atoms with van der Waals surface area (Å²) in [5.41, 5.74) is 1.57. The number of hydrogen-bond acceptors (Lipinski definition) is 8.